The van der Waals surface area contributed by atoms with Crippen LogP contribution >= 0.6 is 11.8 Å². The number of hydrogen-bond acceptors (Lipinski definition) is 4. The van der Waals surface area contributed by atoms with Crippen LogP contribution < -0.4 is 5.73 Å². The van der Waals surface area contributed by atoms with Crippen LogP contribution in [0.4, 0.5) is 10.2 Å². The third kappa shape index (κ3) is 2.75. The fourth-order valence-corrected chi connectivity index (χ4v) is 2.46. The minimum absolute atomic E-state index is 0.266. The second kappa shape index (κ2) is 5.57. The maximum absolute atomic E-state index is 13.1. The quantitative estimate of drug-likeness (QED) is 0.725. The number of thioether (sulfide) groups is 1. The zero-order valence-corrected chi connectivity index (χ0v) is 12.1. The summed E-state index contributed by atoms with van der Waals surface area (Å²) in [5.41, 5.74) is 9.10. The predicted octanol–water partition coefficient (Wildman–Crippen LogP) is 3.58. The fourth-order valence-electron chi connectivity index (χ4n) is 2.08. The van der Waals surface area contributed by atoms with E-state index in [0.717, 1.165) is 27.7 Å². The highest BCUT2D eigenvalue weighted by molar-refractivity contribution is 7.98. The van der Waals surface area contributed by atoms with Gasteiger partial charge in [0.15, 0.2) is 5.16 Å². The van der Waals surface area contributed by atoms with E-state index >= 15 is 0 Å². The molecule has 2 heterocycles. The zero-order chi connectivity index (χ0) is 14.8. The van der Waals surface area contributed by atoms with Crippen molar-refractivity contribution in [3.05, 3.63) is 48.4 Å². The molecule has 0 aliphatic heterocycles. The number of anilines is 1. The van der Waals surface area contributed by atoms with Gasteiger partial charge in [0.1, 0.15) is 11.6 Å². The first-order chi connectivity index (χ1) is 10.2. The molecule has 2 aromatic heterocycles. The number of H-pyrrole nitrogens is 1. The van der Waals surface area contributed by atoms with E-state index in [2.05, 4.69) is 15.0 Å². The van der Waals surface area contributed by atoms with Gasteiger partial charge in [-0.15, -0.1) is 0 Å². The normalized spacial score (nSPS) is 10.8. The molecule has 21 heavy (non-hydrogen) atoms. The molecule has 3 aromatic rings. The molecule has 0 amide bonds. The molecule has 3 rings (SSSR count). The van der Waals surface area contributed by atoms with Crippen molar-refractivity contribution < 1.29 is 4.39 Å². The first-order valence-electron chi connectivity index (χ1n) is 6.29. The molecule has 0 saturated carbocycles. The van der Waals surface area contributed by atoms with E-state index in [1.165, 1.54) is 23.9 Å². The monoisotopic (exact) mass is 300 g/mol. The average molecular weight is 300 g/mol. The molecule has 3 N–H and O–H groups in total. The molecule has 0 bridgehead atoms. The highest BCUT2D eigenvalue weighted by Crippen LogP contribution is 2.32. The second-order valence-electron chi connectivity index (χ2n) is 4.45. The summed E-state index contributed by atoms with van der Waals surface area (Å²) >= 11 is 1.51. The molecule has 0 aliphatic carbocycles. The van der Waals surface area contributed by atoms with E-state index in [9.17, 15) is 4.39 Å². The second-order valence-corrected chi connectivity index (χ2v) is 5.24. The van der Waals surface area contributed by atoms with E-state index < -0.39 is 0 Å². The lowest BCUT2D eigenvalue weighted by Gasteiger charge is -2.03. The Labute approximate surface area is 125 Å². The first kappa shape index (κ1) is 13.6. The van der Waals surface area contributed by atoms with E-state index in [-0.39, 0.29) is 5.82 Å². The minimum Gasteiger partial charge on any atom is -0.384 e. The van der Waals surface area contributed by atoms with Gasteiger partial charge < -0.3 is 10.7 Å². The van der Waals surface area contributed by atoms with Gasteiger partial charge in [-0.05, 0) is 42.7 Å². The van der Waals surface area contributed by atoms with E-state index in [4.69, 9.17) is 5.73 Å². The van der Waals surface area contributed by atoms with Crippen molar-refractivity contribution in [2.75, 3.05) is 12.0 Å². The van der Waals surface area contributed by atoms with Gasteiger partial charge in [0.05, 0.1) is 11.4 Å². The van der Waals surface area contributed by atoms with Crippen molar-refractivity contribution in [1.29, 1.82) is 0 Å². The molecule has 6 heteroatoms. The molecule has 0 saturated heterocycles. The number of benzene rings is 1. The van der Waals surface area contributed by atoms with Gasteiger partial charge in [-0.3, -0.25) is 0 Å². The number of nitrogens with zero attached hydrogens (tertiary/aromatic N) is 2. The molecule has 0 spiro atoms. The third-order valence-corrected chi connectivity index (χ3v) is 3.64. The van der Waals surface area contributed by atoms with Crippen molar-refractivity contribution in [3.8, 4) is 22.5 Å². The Morgan fingerprint density at radius 3 is 2.57 bits per heavy atom. The highest BCUT2D eigenvalue weighted by atomic mass is 32.2. The van der Waals surface area contributed by atoms with Crippen LogP contribution in [0.15, 0.2) is 47.8 Å². The average Bonchev–Trinajstić information content (AvgIpc) is 2.92. The lowest BCUT2D eigenvalue weighted by atomic mass is 10.1. The summed E-state index contributed by atoms with van der Waals surface area (Å²) in [6, 6.07) is 9.93. The Hall–Kier alpha value is -2.34. The molecule has 0 unspecified atom stereocenters. The Kier molecular flexibility index (Phi) is 3.62. The standard InChI is InChI=1S/C15H13FN4S/c1-21-15-19-13(9-2-4-11(16)5-3-9)14(20-15)10-6-7-18-12(17)8-10/h2-8H,1H3,(H2,17,18)(H,19,20). The smallest absolute Gasteiger partial charge is 0.166 e. The van der Waals surface area contributed by atoms with Crippen molar-refractivity contribution in [2.45, 2.75) is 5.16 Å². The summed E-state index contributed by atoms with van der Waals surface area (Å²) in [6.45, 7) is 0. The number of halogens is 1. The van der Waals surface area contributed by atoms with Gasteiger partial charge in [0, 0.05) is 17.3 Å². The van der Waals surface area contributed by atoms with Gasteiger partial charge in [0.25, 0.3) is 0 Å². The van der Waals surface area contributed by atoms with Crippen LogP contribution in [0.25, 0.3) is 22.5 Å². The number of nitrogen functional groups attached to an aromatic ring is 1. The minimum atomic E-state index is -0.266. The summed E-state index contributed by atoms with van der Waals surface area (Å²) in [6.07, 6.45) is 3.59. The number of rotatable bonds is 3. The maximum Gasteiger partial charge on any atom is 0.166 e. The lowest BCUT2D eigenvalue weighted by molar-refractivity contribution is 0.628. The molecular formula is C15H13FN4S. The molecule has 106 valence electrons. The van der Waals surface area contributed by atoms with Crippen LogP contribution in [-0.4, -0.2) is 21.2 Å². The summed E-state index contributed by atoms with van der Waals surface area (Å²) in [4.78, 5) is 11.8. The number of aromatic nitrogens is 3. The molecule has 0 fully saturated rings. The summed E-state index contributed by atoms with van der Waals surface area (Å²) in [5, 5.41) is 0.791. The predicted molar refractivity (Wildman–Crippen MR) is 83.4 cm³/mol. The van der Waals surface area contributed by atoms with Gasteiger partial charge >= 0.3 is 0 Å². The highest BCUT2D eigenvalue weighted by Gasteiger charge is 2.14. The number of aromatic amines is 1. The van der Waals surface area contributed by atoms with Gasteiger partial charge in [-0.2, -0.15) is 0 Å². The molecule has 0 aliphatic rings. The molecule has 0 radical (unpaired) electrons. The summed E-state index contributed by atoms with van der Waals surface area (Å²) in [5.74, 6) is 0.171. The van der Waals surface area contributed by atoms with E-state index in [1.54, 1.807) is 24.4 Å². The van der Waals surface area contributed by atoms with Crippen LogP contribution in [0.2, 0.25) is 0 Å². The maximum atomic E-state index is 13.1. The molecular weight excluding hydrogens is 287 g/mol. The van der Waals surface area contributed by atoms with Crippen LogP contribution in [0.1, 0.15) is 0 Å². The number of hydrogen-bond donors (Lipinski definition) is 2. The fraction of sp³-hybridized carbons (Fsp3) is 0.0667. The van der Waals surface area contributed by atoms with Crippen molar-refractivity contribution in [2.24, 2.45) is 0 Å². The molecule has 1 aromatic carbocycles. The van der Waals surface area contributed by atoms with Gasteiger partial charge in [-0.25, -0.2) is 14.4 Å². The molecule has 0 atom stereocenters. The van der Waals surface area contributed by atoms with E-state index in [1.807, 2.05) is 12.3 Å². The van der Waals surface area contributed by atoms with Crippen LogP contribution in [0.3, 0.4) is 0 Å². The Morgan fingerprint density at radius 2 is 1.90 bits per heavy atom. The lowest BCUT2D eigenvalue weighted by Crippen LogP contribution is -1.91. The summed E-state index contributed by atoms with van der Waals surface area (Å²) < 4.78 is 13.1. The van der Waals surface area contributed by atoms with Crippen molar-refractivity contribution in [1.82, 2.24) is 15.0 Å². The Balaban J connectivity index is 2.16. The van der Waals surface area contributed by atoms with Crippen LogP contribution in [0, 0.1) is 5.82 Å². The van der Waals surface area contributed by atoms with Gasteiger partial charge in [0.2, 0.25) is 0 Å². The van der Waals surface area contributed by atoms with Crippen LogP contribution in [0.5, 0.6) is 0 Å². The van der Waals surface area contributed by atoms with Gasteiger partial charge in [-0.1, -0.05) is 11.8 Å². The number of nitrogens with one attached hydrogen (secondary N) is 1. The zero-order valence-electron chi connectivity index (χ0n) is 11.3. The molecule has 4 nitrogen and oxygen atoms in total. The van der Waals surface area contributed by atoms with Crippen LogP contribution in [-0.2, 0) is 0 Å². The SMILES string of the molecule is CSc1nc(-c2ccnc(N)c2)c(-c2ccc(F)cc2)[nH]1. The first-order valence-corrected chi connectivity index (χ1v) is 7.51. The largest absolute Gasteiger partial charge is 0.384 e. The Bertz CT molecular complexity index is 768. The van der Waals surface area contributed by atoms with E-state index in [0.29, 0.717) is 5.82 Å². The van der Waals surface area contributed by atoms with Crippen molar-refractivity contribution in [3.63, 3.8) is 0 Å². The number of nitrogens with two attached hydrogens (primary N) is 1. The number of imidazole rings is 1. The third-order valence-electron chi connectivity index (χ3n) is 3.06. The summed E-state index contributed by atoms with van der Waals surface area (Å²) in [7, 11) is 0. The topological polar surface area (TPSA) is 67.6 Å². The number of pyridine rings is 1. The van der Waals surface area contributed by atoms with Crippen molar-refractivity contribution >= 4 is 17.6 Å². The Morgan fingerprint density at radius 1 is 1.14 bits per heavy atom.